The largest absolute Gasteiger partial charge is 0.476 e. The summed E-state index contributed by atoms with van der Waals surface area (Å²) in [5, 5.41) is 11.9. The highest BCUT2D eigenvalue weighted by Crippen LogP contribution is 2.02. The highest BCUT2D eigenvalue weighted by Gasteiger charge is 2.15. The normalized spacial score (nSPS) is 11.2. The van der Waals surface area contributed by atoms with E-state index in [9.17, 15) is 4.79 Å². The summed E-state index contributed by atoms with van der Waals surface area (Å²) in [5.74, 6) is -1.02. The third-order valence-corrected chi connectivity index (χ3v) is 1.14. The van der Waals surface area contributed by atoms with Crippen LogP contribution in [0, 0.1) is 0 Å². The Labute approximate surface area is 68.2 Å². The summed E-state index contributed by atoms with van der Waals surface area (Å²) in [4.78, 5) is 14.9. The van der Waals surface area contributed by atoms with Crippen molar-refractivity contribution in [2.75, 3.05) is 7.11 Å². The van der Waals surface area contributed by atoms with Crippen molar-refractivity contribution in [2.24, 2.45) is 5.16 Å². The van der Waals surface area contributed by atoms with Crippen LogP contribution in [0.5, 0.6) is 0 Å². The molecule has 1 heterocycles. The molecule has 1 rings (SSSR count). The Kier molecular flexibility index (Phi) is 2.47. The Bertz CT molecular complexity index is 288. The minimum absolute atomic E-state index is 0.171. The van der Waals surface area contributed by atoms with Gasteiger partial charge in [-0.3, -0.25) is 0 Å². The van der Waals surface area contributed by atoms with Gasteiger partial charge in [-0.1, -0.05) is 5.16 Å². The van der Waals surface area contributed by atoms with Crippen LogP contribution < -0.4 is 0 Å². The zero-order valence-electron chi connectivity index (χ0n) is 6.35. The lowest BCUT2D eigenvalue weighted by molar-refractivity contribution is -0.129. The first-order chi connectivity index (χ1) is 5.75. The van der Waals surface area contributed by atoms with Crippen LogP contribution in [0.1, 0.15) is 5.76 Å². The van der Waals surface area contributed by atoms with E-state index in [1.165, 1.54) is 19.4 Å². The van der Waals surface area contributed by atoms with Gasteiger partial charge < -0.3 is 14.4 Å². The smallest absolute Gasteiger partial charge is 0.361 e. The molecule has 12 heavy (non-hydrogen) atoms. The third kappa shape index (κ3) is 1.63. The van der Waals surface area contributed by atoms with Crippen molar-refractivity contribution >= 4 is 11.7 Å². The molecule has 1 aromatic heterocycles. The number of nitrogens with zero attached hydrogens (tertiary/aromatic N) is 1. The van der Waals surface area contributed by atoms with E-state index in [4.69, 9.17) is 9.52 Å². The highest BCUT2D eigenvalue weighted by atomic mass is 16.6. The molecule has 0 bridgehead atoms. The predicted molar refractivity (Wildman–Crippen MR) is 39.9 cm³/mol. The number of hydrogen-bond donors (Lipinski definition) is 1. The standard InChI is InChI=1S/C7H7NO4/c1-11-8-6(7(9)10)5-3-2-4-12-5/h2-4H,1H3,(H,9,10). The molecule has 0 saturated heterocycles. The number of aliphatic carboxylic acids is 1. The van der Waals surface area contributed by atoms with Gasteiger partial charge in [0, 0.05) is 0 Å². The lowest BCUT2D eigenvalue weighted by Crippen LogP contribution is -2.13. The van der Waals surface area contributed by atoms with E-state index < -0.39 is 5.97 Å². The van der Waals surface area contributed by atoms with Crippen LogP contribution in [-0.4, -0.2) is 23.9 Å². The van der Waals surface area contributed by atoms with Gasteiger partial charge in [0.25, 0.3) is 0 Å². The number of oxime groups is 1. The molecule has 0 spiro atoms. The van der Waals surface area contributed by atoms with Crippen LogP contribution in [0.4, 0.5) is 0 Å². The average Bonchev–Trinajstić information content (AvgIpc) is 2.51. The first-order valence-corrected chi connectivity index (χ1v) is 3.14. The molecule has 0 aliphatic heterocycles. The van der Waals surface area contributed by atoms with Gasteiger partial charge in [0.05, 0.1) is 6.26 Å². The van der Waals surface area contributed by atoms with Gasteiger partial charge in [-0.15, -0.1) is 0 Å². The molecule has 0 fully saturated rings. The first-order valence-electron chi connectivity index (χ1n) is 3.14. The summed E-state index contributed by atoms with van der Waals surface area (Å²) in [6.45, 7) is 0. The van der Waals surface area contributed by atoms with E-state index in [0.717, 1.165) is 0 Å². The van der Waals surface area contributed by atoms with Gasteiger partial charge in [-0.2, -0.15) is 0 Å². The number of furan rings is 1. The summed E-state index contributed by atoms with van der Waals surface area (Å²) in [5.41, 5.74) is -0.248. The fourth-order valence-electron chi connectivity index (χ4n) is 0.694. The Balaban J connectivity index is 2.96. The number of carboxylic acids is 1. The molecule has 0 aliphatic carbocycles. The number of rotatable bonds is 3. The van der Waals surface area contributed by atoms with Crippen LogP contribution in [0.15, 0.2) is 28.0 Å². The van der Waals surface area contributed by atoms with Crippen molar-refractivity contribution in [1.82, 2.24) is 0 Å². The van der Waals surface area contributed by atoms with Crippen LogP contribution >= 0.6 is 0 Å². The monoisotopic (exact) mass is 169 g/mol. The maximum absolute atomic E-state index is 10.5. The van der Waals surface area contributed by atoms with E-state index in [1.54, 1.807) is 6.07 Å². The number of hydrogen-bond acceptors (Lipinski definition) is 4. The van der Waals surface area contributed by atoms with Crippen molar-refractivity contribution in [3.8, 4) is 0 Å². The fraction of sp³-hybridized carbons (Fsp3) is 0.143. The van der Waals surface area contributed by atoms with Crippen LogP contribution in [0.25, 0.3) is 0 Å². The quantitative estimate of drug-likeness (QED) is 0.534. The number of carbonyl (C=O) groups is 1. The van der Waals surface area contributed by atoms with Crippen molar-refractivity contribution in [1.29, 1.82) is 0 Å². The summed E-state index contributed by atoms with van der Waals surface area (Å²) in [6.07, 6.45) is 1.36. The van der Waals surface area contributed by atoms with Gasteiger partial charge in [0.1, 0.15) is 7.11 Å². The molecule has 64 valence electrons. The predicted octanol–water partition coefficient (Wildman–Crippen LogP) is 0.715. The topological polar surface area (TPSA) is 72.0 Å². The molecular weight excluding hydrogens is 162 g/mol. The summed E-state index contributed by atoms with van der Waals surface area (Å²) in [6, 6.07) is 3.06. The maximum Gasteiger partial charge on any atom is 0.361 e. The van der Waals surface area contributed by atoms with Gasteiger partial charge >= 0.3 is 5.97 Å². The number of carboxylic acid groups (broad SMARTS) is 1. The maximum atomic E-state index is 10.5. The second kappa shape index (κ2) is 3.56. The fourth-order valence-corrected chi connectivity index (χ4v) is 0.694. The SMILES string of the molecule is CON=C(C(=O)O)c1ccco1. The zero-order valence-corrected chi connectivity index (χ0v) is 6.35. The lowest BCUT2D eigenvalue weighted by atomic mass is 10.3. The zero-order chi connectivity index (χ0) is 8.97. The lowest BCUT2D eigenvalue weighted by Gasteiger charge is -1.94. The minimum Gasteiger partial charge on any atom is -0.476 e. The Morgan fingerprint density at radius 1 is 1.75 bits per heavy atom. The first kappa shape index (κ1) is 8.32. The molecule has 1 N–H and O–H groups in total. The van der Waals surface area contributed by atoms with Crippen molar-refractivity contribution in [3.63, 3.8) is 0 Å². The molecule has 0 aromatic carbocycles. The van der Waals surface area contributed by atoms with E-state index in [1.807, 2.05) is 0 Å². The third-order valence-electron chi connectivity index (χ3n) is 1.14. The summed E-state index contributed by atoms with van der Waals surface area (Å²) in [7, 11) is 1.27. The van der Waals surface area contributed by atoms with Crippen molar-refractivity contribution in [3.05, 3.63) is 24.2 Å². The van der Waals surface area contributed by atoms with Gasteiger partial charge in [-0.05, 0) is 12.1 Å². The van der Waals surface area contributed by atoms with Crippen molar-refractivity contribution in [2.45, 2.75) is 0 Å². The Morgan fingerprint density at radius 3 is 2.92 bits per heavy atom. The molecule has 0 unspecified atom stereocenters. The van der Waals surface area contributed by atoms with Crippen LogP contribution in [0.3, 0.4) is 0 Å². The molecule has 5 nitrogen and oxygen atoms in total. The molecule has 1 aromatic rings. The van der Waals surface area contributed by atoms with E-state index in [0.29, 0.717) is 0 Å². The molecular formula is C7H7NO4. The second-order valence-electron chi connectivity index (χ2n) is 1.90. The second-order valence-corrected chi connectivity index (χ2v) is 1.90. The van der Waals surface area contributed by atoms with Crippen LogP contribution in [0.2, 0.25) is 0 Å². The molecule has 0 radical (unpaired) electrons. The molecule has 0 aliphatic rings. The van der Waals surface area contributed by atoms with Crippen molar-refractivity contribution < 1.29 is 19.2 Å². The summed E-state index contributed by atoms with van der Waals surface area (Å²) < 4.78 is 4.82. The van der Waals surface area contributed by atoms with Gasteiger partial charge in [-0.25, -0.2) is 4.79 Å². The average molecular weight is 169 g/mol. The molecule has 0 amide bonds. The van der Waals surface area contributed by atoms with Gasteiger partial charge in [0.15, 0.2) is 5.76 Å². The molecule has 5 heteroatoms. The van der Waals surface area contributed by atoms with E-state index in [2.05, 4.69) is 9.99 Å². The minimum atomic E-state index is -1.19. The van der Waals surface area contributed by atoms with E-state index in [-0.39, 0.29) is 11.5 Å². The van der Waals surface area contributed by atoms with Crippen LogP contribution in [-0.2, 0) is 9.63 Å². The highest BCUT2D eigenvalue weighted by molar-refractivity contribution is 6.41. The van der Waals surface area contributed by atoms with Gasteiger partial charge in [0.2, 0.25) is 5.71 Å². The summed E-state index contributed by atoms with van der Waals surface area (Å²) >= 11 is 0. The molecule has 0 saturated carbocycles. The Hall–Kier alpha value is -1.78. The molecule has 0 atom stereocenters. The Morgan fingerprint density at radius 2 is 2.50 bits per heavy atom. The van der Waals surface area contributed by atoms with E-state index >= 15 is 0 Å².